The van der Waals surface area contributed by atoms with Crippen LogP contribution in [0.4, 0.5) is 11.4 Å². The third kappa shape index (κ3) is 6.63. The van der Waals surface area contributed by atoms with Crippen molar-refractivity contribution in [1.29, 1.82) is 0 Å². The lowest BCUT2D eigenvalue weighted by Crippen LogP contribution is -2.35. The van der Waals surface area contributed by atoms with E-state index in [0.29, 0.717) is 12.4 Å². The summed E-state index contributed by atoms with van der Waals surface area (Å²) in [7, 11) is 1.73. The Morgan fingerprint density at radius 3 is 2.64 bits per heavy atom. The summed E-state index contributed by atoms with van der Waals surface area (Å²) >= 11 is 3.55. The molecule has 0 aliphatic carbocycles. The van der Waals surface area contributed by atoms with Crippen molar-refractivity contribution in [2.45, 2.75) is 57.1 Å². The van der Waals surface area contributed by atoms with Gasteiger partial charge < -0.3 is 14.4 Å². The summed E-state index contributed by atoms with van der Waals surface area (Å²) in [5.74, 6) is 2.90. The summed E-state index contributed by atoms with van der Waals surface area (Å²) in [5, 5.41) is 0. The maximum absolute atomic E-state index is 11.8. The fraction of sp³-hybridized carbons (Fsp3) is 0.519. The molecular formula is C27H37NO3S2. The molecule has 4 nitrogen and oxygen atoms in total. The van der Waals surface area contributed by atoms with E-state index >= 15 is 0 Å². The highest BCUT2D eigenvalue weighted by molar-refractivity contribution is 7.99. The number of nitrogens with zero attached hydrogens (tertiary/aromatic N) is 1. The van der Waals surface area contributed by atoms with Gasteiger partial charge in [-0.3, -0.25) is 4.79 Å². The number of methoxy groups -OCH3 is 1. The van der Waals surface area contributed by atoms with Crippen LogP contribution in [-0.4, -0.2) is 37.7 Å². The quantitative estimate of drug-likeness (QED) is 0.309. The number of thioether (sulfide) groups is 2. The predicted octanol–water partition coefficient (Wildman–Crippen LogP) is 7.32. The standard InChI is InChI=1S/C27H37NO3S2/c1-5-8-14-27(6-2)19-28(22-12-10-9-11-13-22)23-16-24(30-4)21(15-25(23)33-20-27)17-32-18-26(29)31-7-3/h9-13,15-16H,5-8,14,17-20H2,1-4H3. The number of para-hydroxylation sites is 1. The second-order valence-corrected chi connectivity index (χ2v) is 10.6. The smallest absolute Gasteiger partial charge is 0.315 e. The minimum Gasteiger partial charge on any atom is -0.496 e. The molecule has 180 valence electrons. The van der Waals surface area contributed by atoms with Crippen molar-refractivity contribution in [2.75, 3.05) is 36.7 Å². The van der Waals surface area contributed by atoms with Crippen LogP contribution in [-0.2, 0) is 15.3 Å². The van der Waals surface area contributed by atoms with Crippen molar-refractivity contribution in [2.24, 2.45) is 5.41 Å². The maximum atomic E-state index is 11.8. The Morgan fingerprint density at radius 2 is 1.97 bits per heavy atom. The number of anilines is 2. The van der Waals surface area contributed by atoms with E-state index < -0.39 is 0 Å². The lowest BCUT2D eigenvalue weighted by Gasteiger charge is -2.37. The third-order valence-corrected chi connectivity index (χ3v) is 8.69. The Hall–Kier alpha value is -1.79. The summed E-state index contributed by atoms with van der Waals surface area (Å²) in [6, 6.07) is 15.2. The van der Waals surface area contributed by atoms with Crippen LogP contribution in [0.1, 0.15) is 52.0 Å². The molecule has 1 unspecified atom stereocenters. The van der Waals surface area contributed by atoms with Gasteiger partial charge in [0.05, 0.1) is 25.2 Å². The molecule has 0 N–H and O–H groups in total. The maximum Gasteiger partial charge on any atom is 0.315 e. The molecule has 1 atom stereocenters. The topological polar surface area (TPSA) is 38.8 Å². The average molecular weight is 488 g/mol. The second kappa shape index (κ2) is 12.6. The van der Waals surface area contributed by atoms with Crippen LogP contribution in [0.15, 0.2) is 47.4 Å². The van der Waals surface area contributed by atoms with Gasteiger partial charge in [-0.15, -0.1) is 23.5 Å². The SMILES string of the molecule is CCCCC1(CC)CSc2cc(CSCC(=O)OCC)c(OC)cc2N(c2ccccc2)C1. The zero-order valence-electron chi connectivity index (χ0n) is 20.4. The summed E-state index contributed by atoms with van der Waals surface area (Å²) < 4.78 is 10.9. The van der Waals surface area contributed by atoms with E-state index in [4.69, 9.17) is 9.47 Å². The highest BCUT2D eigenvalue weighted by Crippen LogP contribution is 2.48. The van der Waals surface area contributed by atoms with Crippen LogP contribution in [0.5, 0.6) is 5.75 Å². The van der Waals surface area contributed by atoms with Gasteiger partial charge in [0.15, 0.2) is 0 Å². The Kier molecular flexibility index (Phi) is 9.87. The molecule has 33 heavy (non-hydrogen) atoms. The number of unbranched alkanes of at least 4 members (excludes halogenated alkanes) is 1. The van der Waals surface area contributed by atoms with E-state index in [1.54, 1.807) is 18.9 Å². The van der Waals surface area contributed by atoms with E-state index in [-0.39, 0.29) is 11.4 Å². The molecule has 1 aliphatic rings. The number of carbonyl (C=O) groups is 1. The zero-order chi connectivity index (χ0) is 23.7. The van der Waals surface area contributed by atoms with E-state index in [1.165, 1.54) is 35.5 Å². The van der Waals surface area contributed by atoms with Crippen LogP contribution < -0.4 is 9.64 Å². The van der Waals surface area contributed by atoms with Gasteiger partial charge in [0.25, 0.3) is 0 Å². The van der Waals surface area contributed by atoms with Crippen LogP contribution >= 0.6 is 23.5 Å². The number of benzene rings is 2. The van der Waals surface area contributed by atoms with Crippen molar-refractivity contribution in [3.63, 3.8) is 0 Å². The number of esters is 1. The fourth-order valence-electron chi connectivity index (χ4n) is 4.30. The van der Waals surface area contributed by atoms with Crippen molar-refractivity contribution >= 4 is 40.9 Å². The Morgan fingerprint density at radius 1 is 1.18 bits per heavy atom. The molecule has 0 aromatic heterocycles. The molecule has 0 bridgehead atoms. The first kappa shape index (κ1) is 25.8. The zero-order valence-corrected chi connectivity index (χ0v) is 22.0. The van der Waals surface area contributed by atoms with Gasteiger partial charge in [-0.1, -0.05) is 44.9 Å². The molecule has 0 saturated heterocycles. The minimum atomic E-state index is -0.162. The van der Waals surface area contributed by atoms with Crippen LogP contribution in [0.25, 0.3) is 0 Å². The average Bonchev–Trinajstić information content (AvgIpc) is 3.00. The first-order valence-electron chi connectivity index (χ1n) is 12.0. The molecule has 2 aromatic rings. The van der Waals surface area contributed by atoms with Crippen molar-refractivity contribution in [3.05, 3.63) is 48.0 Å². The second-order valence-electron chi connectivity index (χ2n) is 8.60. The van der Waals surface area contributed by atoms with Crippen LogP contribution in [0.3, 0.4) is 0 Å². The van der Waals surface area contributed by atoms with Crippen molar-refractivity contribution < 1.29 is 14.3 Å². The molecule has 0 saturated carbocycles. The molecule has 1 heterocycles. The minimum absolute atomic E-state index is 0.162. The van der Waals surface area contributed by atoms with E-state index in [0.717, 1.165) is 35.8 Å². The summed E-state index contributed by atoms with van der Waals surface area (Å²) in [5.41, 5.74) is 3.83. The Labute approximate surface area is 207 Å². The molecule has 3 rings (SSSR count). The van der Waals surface area contributed by atoms with Gasteiger partial charge in [0, 0.05) is 40.3 Å². The van der Waals surface area contributed by atoms with Gasteiger partial charge in [0.1, 0.15) is 5.75 Å². The fourth-order valence-corrected chi connectivity index (χ4v) is 6.54. The van der Waals surface area contributed by atoms with Gasteiger partial charge in [-0.05, 0) is 43.4 Å². The lowest BCUT2D eigenvalue weighted by molar-refractivity contribution is -0.139. The molecule has 0 amide bonds. The largest absolute Gasteiger partial charge is 0.496 e. The molecule has 0 radical (unpaired) electrons. The van der Waals surface area contributed by atoms with Gasteiger partial charge in [-0.2, -0.15) is 0 Å². The summed E-state index contributed by atoms with van der Waals surface area (Å²) in [6.07, 6.45) is 4.88. The normalized spacial score (nSPS) is 17.9. The Bertz CT molecular complexity index is 906. The van der Waals surface area contributed by atoms with E-state index in [2.05, 4.69) is 61.2 Å². The summed E-state index contributed by atoms with van der Waals surface area (Å²) in [6.45, 7) is 7.89. The highest BCUT2D eigenvalue weighted by atomic mass is 32.2. The third-order valence-electron chi connectivity index (χ3n) is 6.34. The predicted molar refractivity (Wildman–Crippen MR) is 142 cm³/mol. The first-order chi connectivity index (χ1) is 16.1. The summed E-state index contributed by atoms with van der Waals surface area (Å²) in [4.78, 5) is 15.6. The van der Waals surface area contributed by atoms with Crippen LogP contribution in [0.2, 0.25) is 0 Å². The molecule has 1 aliphatic heterocycles. The van der Waals surface area contributed by atoms with Crippen molar-refractivity contribution in [1.82, 2.24) is 0 Å². The number of ether oxygens (including phenoxy) is 2. The van der Waals surface area contributed by atoms with Gasteiger partial charge >= 0.3 is 5.97 Å². The van der Waals surface area contributed by atoms with E-state index in [9.17, 15) is 4.79 Å². The number of hydrogen-bond donors (Lipinski definition) is 0. The number of hydrogen-bond acceptors (Lipinski definition) is 6. The molecular weight excluding hydrogens is 450 g/mol. The number of fused-ring (bicyclic) bond motifs is 1. The number of carbonyl (C=O) groups excluding carboxylic acids is 1. The molecule has 2 aromatic carbocycles. The van der Waals surface area contributed by atoms with E-state index in [1.807, 2.05) is 18.7 Å². The molecule has 6 heteroatoms. The molecule has 0 spiro atoms. The Balaban J connectivity index is 1.95. The van der Waals surface area contributed by atoms with Gasteiger partial charge in [0.2, 0.25) is 0 Å². The van der Waals surface area contributed by atoms with Crippen LogP contribution in [0, 0.1) is 5.41 Å². The molecule has 0 fully saturated rings. The first-order valence-corrected chi connectivity index (χ1v) is 14.1. The monoisotopic (exact) mass is 487 g/mol. The lowest BCUT2D eigenvalue weighted by atomic mass is 9.81. The van der Waals surface area contributed by atoms with Crippen molar-refractivity contribution in [3.8, 4) is 5.75 Å². The highest BCUT2D eigenvalue weighted by Gasteiger charge is 2.35. The van der Waals surface area contributed by atoms with Gasteiger partial charge in [-0.25, -0.2) is 0 Å². The number of rotatable bonds is 11.